The van der Waals surface area contributed by atoms with E-state index in [0.29, 0.717) is 23.1 Å². The molecule has 4 rings (SSSR count). The highest BCUT2D eigenvalue weighted by Crippen LogP contribution is 2.24. The molecular weight excluding hydrogens is 402 g/mol. The number of nitrogens with one attached hydrogen (secondary N) is 1. The number of ether oxygens (including phenoxy) is 1. The molecule has 9 heteroatoms. The average molecular weight is 421 g/mol. The van der Waals surface area contributed by atoms with Crippen LogP contribution in [0.3, 0.4) is 0 Å². The van der Waals surface area contributed by atoms with E-state index in [-0.39, 0.29) is 4.90 Å². The van der Waals surface area contributed by atoms with Crippen LogP contribution in [0.1, 0.15) is 11.1 Å². The highest BCUT2D eigenvalue weighted by Gasteiger charge is 2.15. The second kappa shape index (κ2) is 7.96. The van der Waals surface area contributed by atoms with Crippen molar-refractivity contribution in [1.82, 2.24) is 19.5 Å². The molecule has 0 radical (unpaired) electrons. The topological polar surface area (TPSA) is 99.0 Å². The summed E-state index contributed by atoms with van der Waals surface area (Å²) in [6.07, 6.45) is 6.45. The molecule has 4 aromatic rings. The monoisotopic (exact) mass is 421 g/mol. The number of sulfonamides is 1. The zero-order chi connectivity index (χ0) is 21.1. The third kappa shape index (κ3) is 4.31. The molecule has 0 spiro atoms. The molecule has 0 unspecified atom stereocenters. The number of hydrogen-bond donors (Lipinski definition) is 1. The summed E-state index contributed by atoms with van der Waals surface area (Å²) in [7, 11) is -3.68. The first-order valence-corrected chi connectivity index (χ1v) is 10.6. The Balaban J connectivity index is 1.48. The molecule has 0 atom stereocenters. The molecule has 2 aromatic heterocycles. The molecule has 30 heavy (non-hydrogen) atoms. The van der Waals surface area contributed by atoms with E-state index in [1.54, 1.807) is 71.8 Å². The van der Waals surface area contributed by atoms with Gasteiger partial charge in [-0.2, -0.15) is 0 Å². The first kappa shape index (κ1) is 19.6. The summed E-state index contributed by atoms with van der Waals surface area (Å²) in [5, 5.41) is 0. The molecule has 0 aliphatic heterocycles. The van der Waals surface area contributed by atoms with E-state index in [2.05, 4.69) is 19.7 Å². The van der Waals surface area contributed by atoms with Gasteiger partial charge in [-0.1, -0.05) is 6.07 Å². The molecule has 2 aromatic carbocycles. The summed E-state index contributed by atoms with van der Waals surface area (Å²) >= 11 is 0. The normalized spacial score (nSPS) is 11.3. The number of rotatable bonds is 6. The highest BCUT2D eigenvalue weighted by atomic mass is 32.2. The van der Waals surface area contributed by atoms with Crippen LogP contribution in [0.5, 0.6) is 11.6 Å². The van der Waals surface area contributed by atoms with Gasteiger partial charge in [-0.3, -0.25) is 9.29 Å². The third-order valence-corrected chi connectivity index (χ3v) is 5.89. The van der Waals surface area contributed by atoms with E-state index in [0.717, 1.165) is 11.1 Å². The van der Waals surface area contributed by atoms with E-state index in [4.69, 9.17) is 4.74 Å². The van der Waals surface area contributed by atoms with E-state index >= 15 is 0 Å². The summed E-state index contributed by atoms with van der Waals surface area (Å²) in [5.74, 6) is 1.49. The Labute approximate surface area is 174 Å². The maximum atomic E-state index is 12.6. The maximum absolute atomic E-state index is 12.6. The van der Waals surface area contributed by atoms with Gasteiger partial charge in [0.15, 0.2) is 0 Å². The largest absolute Gasteiger partial charge is 0.439 e. The van der Waals surface area contributed by atoms with Crippen LogP contribution >= 0.6 is 0 Å². The molecule has 2 heterocycles. The van der Waals surface area contributed by atoms with Gasteiger partial charge in [-0.05, 0) is 61.4 Å². The van der Waals surface area contributed by atoms with Gasteiger partial charge in [-0.15, -0.1) is 0 Å². The summed E-state index contributed by atoms with van der Waals surface area (Å²) in [6, 6.07) is 13.3. The Morgan fingerprint density at radius 3 is 2.47 bits per heavy atom. The fourth-order valence-electron chi connectivity index (χ4n) is 2.73. The lowest BCUT2D eigenvalue weighted by Crippen LogP contribution is -2.13. The van der Waals surface area contributed by atoms with Crippen LogP contribution in [0.25, 0.3) is 5.82 Å². The van der Waals surface area contributed by atoms with Crippen molar-refractivity contribution in [2.45, 2.75) is 18.7 Å². The molecule has 0 fully saturated rings. The van der Waals surface area contributed by atoms with E-state index in [9.17, 15) is 8.42 Å². The van der Waals surface area contributed by atoms with Gasteiger partial charge >= 0.3 is 0 Å². The smallest absolute Gasteiger partial charge is 0.261 e. The number of anilines is 1. The Kier molecular flexibility index (Phi) is 5.20. The number of nitrogens with zero attached hydrogens (tertiary/aromatic N) is 4. The molecule has 1 N–H and O–H groups in total. The summed E-state index contributed by atoms with van der Waals surface area (Å²) in [5.41, 5.74) is 2.39. The third-order valence-electron chi connectivity index (χ3n) is 4.51. The van der Waals surface area contributed by atoms with Crippen molar-refractivity contribution >= 4 is 15.7 Å². The Bertz CT molecular complexity index is 1270. The minimum Gasteiger partial charge on any atom is -0.439 e. The maximum Gasteiger partial charge on any atom is 0.261 e. The quantitative estimate of drug-likeness (QED) is 0.507. The zero-order valence-electron chi connectivity index (χ0n) is 16.4. The molecule has 0 saturated heterocycles. The lowest BCUT2D eigenvalue weighted by atomic mass is 10.1. The van der Waals surface area contributed by atoms with Gasteiger partial charge in [0.05, 0.1) is 4.90 Å². The fraction of sp³-hybridized carbons (Fsp3) is 0.0952. The van der Waals surface area contributed by atoms with Crippen LogP contribution in [-0.2, 0) is 10.0 Å². The van der Waals surface area contributed by atoms with Crippen LogP contribution in [0, 0.1) is 13.8 Å². The van der Waals surface area contributed by atoms with Crippen LogP contribution in [-0.4, -0.2) is 27.9 Å². The van der Waals surface area contributed by atoms with Gasteiger partial charge in [-0.25, -0.2) is 23.4 Å². The zero-order valence-corrected chi connectivity index (χ0v) is 17.2. The Morgan fingerprint density at radius 1 is 0.967 bits per heavy atom. The highest BCUT2D eigenvalue weighted by molar-refractivity contribution is 7.92. The predicted molar refractivity (Wildman–Crippen MR) is 112 cm³/mol. The first-order chi connectivity index (χ1) is 14.4. The van der Waals surface area contributed by atoms with Gasteiger partial charge in [0.2, 0.25) is 5.88 Å². The van der Waals surface area contributed by atoms with Crippen molar-refractivity contribution in [2.75, 3.05) is 4.72 Å². The standard InChI is InChI=1S/C21H19N5O3S/c1-15-3-8-19(11-16(15)2)30(27,28)25-17-4-6-18(7-5-17)29-21-12-20(23-13-24-21)26-10-9-22-14-26/h3-14,25H,1-2H3. The lowest BCUT2D eigenvalue weighted by Gasteiger charge is -2.11. The van der Waals surface area contributed by atoms with Gasteiger partial charge in [0.1, 0.15) is 24.2 Å². The molecule has 0 aliphatic carbocycles. The van der Waals surface area contributed by atoms with Crippen molar-refractivity contribution < 1.29 is 13.2 Å². The fourth-order valence-corrected chi connectivity index (χ4v) is 3.87. The van der Waals surface area contributed by atoms with Crippen LogP contribution in [0.2, 0.25) is 0 Å². The molecule has 0 amide bonds. The summed E-state index contributed by atoms with van der Waals surface area (Å²) in [4.78, 5) is 12.5. The first-order valence-electron chi connectivity index (χ1n) is 9.09. The van der Waals surface area contributed by atoms with Crippen molar-refractivity contribution in [2.24, 2.45) is 0 Å². The number of hydrogen-bond acceptors (Lipinski definition) is 6. The molecular formula is C21H19N5O3S. The minimum atomic E-state index is -3.68. The van der Waals surface area contributed by atoms with Crippen molar-refractivity contribution in [1.29, 1.82) is 0 Å². The van der Waals surface area contributed by atoms with E-state index in [1.807, 2.05) is 13.8 Å². The molecule has 8 nitrogen and oxygen atoms in total. The Morgan fingerprint density at radius 2 is 1.77 bits per heavy atom. The van der Waals surface area contributed by atoms with Gasteiger partial charge < -0.3 is 4.74 Å². The molecule has 0 aliphatic rings. The van der Waals surface area contributed by atoms with Crippen molar-refractivity contribution in [3.63, 3.8) is 0 Å². The summed E-state index contributed by atoms with van der Waals surface area (Å²) < 4.78 is 35.3. The van der Waals surface area contributed by atoms with Crippen molar-refractivity contribution in [3.05, 3.63) is 84.7 Å². The Hall–Kier alpha value is -3.72. The van der Waals surface area contributed by atoms with Crippen molar-refractivity contribution in [3.8, 4) is 17.4 Å². The molecule has 0 bridgehead atoms. The SMILES string of the molecule is Cc1ccc(S(=O)(=O)Nc2ccc(Oc3cc(-n4ccnc4)ncn3)cc2)cc1C. The number of benzene rings is 2. The number of aryl methyl sites for hydroxylation is 2. The predicted octanol–water partition coefficient (Wildman–Crippen LogP) is 3.87. The number of aromatic nitrogens is 4. The lowest BCUT2D eigenvalue weighted by molar-refractivity contribution is 0.461. The van der Waals surface area contributed by atoms with E-state index < -0.39 is 10.0 Å². The molecule has 0 saturated carbocycles. The summed E-state index contributed by atoms with van der Waals surface area (Å²) in [6.45, 7) is 3.82. The van der Waals surface area contributed by atoms with Crippen LogP contribution < -0.4 is 9.46 Å². The number of imidazole rings is 1. The molecule has 152 valence electrons. The minimum absolute atomic E-state index is 0.221. The second-order valence-corrected chi connectivity index (χ2v) is 8.34. The van der Waals surface area contributed by atoms with Crippen LogP contribution in [0.4, 0.5) is 5.69 Å². The van der Waals surface area contributed by atoms with Gasteiger partial charge in [0, 0.05) is 24.1 Å². The van der Waals surface area contributed by atoms with Gasteiger partial charge in [0.25, 0.3) is 10.0 Å². The average Bonchev–Trinajstić information content (AvgIpc) is 3.26. The second-order valence-electron chi connectivity index (χ2n) is 6.66. The van der Waals surface area contributed by atoms with E-state index in [1.165, 1.54) is 6.33 Å². The van der Waals surface area contributed by atoms with Crippen LogP contribution in [0.15, 0.2) is 78.5 Å².